The summed E-state index contributed by atoms with van der Waals surface area (Å²) >= 11 is 0. The standard InChI is InChI=1S/C19H31NO/c1-8-20-17(15-11-13(2)9-10-14(15)3)16-12-18(4,5)21-19(16,6)7/h9-11,16-17,20H,8,12H2,1-7H3. The zero-order chi connectivity index (χ0) is 15.8. The summed E-state index contributed by atoms with van der Waals surface area (Å²) in [7, 11) is 0. The molecule has 2 rings (SSSR count). The quantitative estimate of drug-likeness (QED) is 0.878. The van der Waals surface area contributed by atoms with E-state index in [1.165, 1.54) is 16.7 Å². The van der Waals surface area contributed by atoms with Crippen LogP contribution in [-0.4, -0.2) is 17.7 Å². The molecule has 0 radical (unpaired) electrons. The van der Waals surface area contributed by atoms with Gasteiger partial charge in [0.05, 0.1) is 11.2 Å². The summed E-state index contributed by atoms with van der Waals surface area (Å²) in [6.45, 7) is 16.4. The monoisotopic (exact) mass is 289 g/mol. The maximum Gasteiger partial charge on any atom is 0.0681 e. The Morgan fingerprint density at radius 2 is 1.90 bits per heavy atom. The van der Waals surface area contributed by atoms with Gasteiger partial charge < -0.3 is 10.1 Å². The van der Waals surface area contributed by atoms with Gasteiger partial charge >= 0.3 is 0 Å². The summed E-state index contributed by atoms with van der Waals surface area (Å²) in [5.74, 6) is 0.480. The summed E-state index contributed by atoms with van der Waals surface area (Å²) in [4.78, 5) is 0. The Kier molecular flexibility index (Phi) is 4.51. The van der Waals surface area contributed by atoms with E-state index >= 15 is 0 Å². The summed E-state index contributed by atoms with van der Waals surface area (Å²) in [6, 6.07) is 7.13. The number of aryl methyl sites for hydroxylation is 2. The smallest absolute Gasteiger partial charge is 0.0681 e. The van der Waals surface area contributed by atoms with Crippen molar-refractivity contribution in [1.29, 1.82) is 0 Å². The maximum absolute atomic E-state index is 6.33. The van der Waals surface area contributed by atoms with Crippen molar-refractivity contribution in [3.63, 3.8) is 0 Å². The van der Waals surface area contributed by atoms with E-state index in [0.29, 0.717) is 12.0 Å². The lowest BCUT2D eigenvalue weighted by Gasteiger charge is -2.34. The second-order valence-electron chi connectivity index (χ2n) is 7.67. The van der Waals surface area contributed by atoms with Gasteiger partial charge in [-0.25, -0.2) is 0 Å². The molecule has 0 saturated carbocycles. The molecule has 1 aliphatic heterocycles. The van der Waals surface area contributed by atoms with Crippen LogP contribution in [0.4, 0.5) is 0 Å². The van der Waals surface area contributed by atoms with Gasteiger partial charge in [-0.1, -0.05) is 30.7 Å². The topological polar surface area (TPSA) is 21.3 Å². The van der Waals surface area contributed by atoms with Crippen molar-refractivity contribution < 1.29 is 4.74 Å². The molecule has 1 fully saturated rings. The van der Waals surface area contributed by atoms with Crippen LogP contribution in [0, 0.1) is 19.8 Å². The molecule has 1 aromatic rings. The Bertz CT molecular complexity index is 504. The molecule has 1 aromatic carbocycles. The van der Waals surface area contributed by atoms with Crippen molar-refractivity contribution in [3.05, 3.63) is 34.9 Å². The molecule has 2 unspecified atom stereocenters. The Labute approximate surface area is 130 Å². The molecule has 0 bridgehead atoms. The number of hydrogen-bond donors (Lipinski definition) is 1. The Morgan fingerprint density at radius 1 is 1.24 bits per heavy atom. The van der Waals surface area contributed by atoms with Crippen LogP contribution in [0.2, 0.25) is 0 Å². The van der Waals surface area contributed by atoms with Crippen molar-refractivity contribution in [2.75, 3.05) is 6.54 Å². The highest BCUT2D eigenvalue weighted by Gasteiger charge is 2.49. The van der Waals surface area contributed by atoms with Crippen molar-refractivity contribution >= 4 is 0 Å². The molecule has 0 amide bonds. The highest BCUT2D eigenvalue weighted by molar-refractivity contribution is 5.34. The van der Waals surface area contributed by atoms with Gasteiger partial charge in [0.15, 0.2) is 0 Å². The Balaban J connectivity index is 2.42. The minimum Gasteiger partial charge on any atom is -0.369 e. The average Bonchev–Trinajstić information content (AvgIpc) is 2.57. The summed E-state index contributed by atoms with van der Waals surface area (Å²) in [5, 5.41) is 3.72. The first kappa shape index (κ1) is 16.5. The van der Waals surface area contributed by atoms with Crippen molar-refractivity contribution in [2.24, 2.45) is 5.92 Å². The third-order valence-corrected chi connectivity index (χ3v) is 4.74. The molecule has 0 aromatic heterocycles. The molecule has 1 aliphatic rings. The van der Waals surface area contributed by atoms with E-state index in [4.69, 9.17) is 4.74 Å². The lowest BCUT2D eigenvalue weighted by atomic mass is 9.77. The fourth-order valence-corrected chi connectivity index (χ4v) is 3.91. The molecular formula is C19H31NO. The number of benzene rings is 1. The van der Waals surface area contributed by atoms with Gasteiger partial charge in [0.1, 0.15) is 0 Å². The predicted molar refractivity (Wildman–Crippen MR) is 89.7 cm³/mol. The highest BCUT2D eigenvalue weighted by Crippen LogP contribution is 2.48. The van der Waals surface area contributed by atoms with Gasteiger partial charge in [-0.2, -0.15) is 0 Å². The van der Waals surface area contributed by atoms with E-state index in [-0.39, 0.29) is 11.2 Å². The second-order valence-corrected chi connectivity index (χ2v) is 7.67. The van der Waals surface area contributed by atoms with Crippen LogP contribution in [0.3, 0.4) is 0 Å². The van der Waals surface area contributed by atoms with Gasteiger partial charge in [-0.15, -0.1) is 0 Å². The lowest BCUT2D eigenvalue weighted by molar-refractivity contribution is -0.0778. The van der Waals surface area contributed by atoms with E-state index in [1.807, 2.05) is 0 Å². The molecule has 21 heavy (non-hydrogen) atoms. The average molecular weight is 289 g/mol. The normalized spacial score (nSPS) is 25.0. The van der Waals surface area contributed by atoms with Crippen LogP contribution in [-0.2, 0) is 4.74 Å². The van der Waals surface area contributed by atoms with Crippen LogP contribution < -0.4 is 5.32 Å². The van der Waals surface area contributed by atoms with Crippen molar-refractivity contribution in [3.8, 4) is 0 Å². The van der Waals surface area contributed by atoms with E-state index in [0.717, 1.165) is 13.0 Å². The minimum absolute atomic E-state index is 0.0421. The van der Waals surface area contributed by atoms with Gasteiger partial charge in [0.25, 0.3) is 0 Å². The molecule has 2 atom stereocenters. The van der Waals surface area contributed by atoms with Crippen LogP contribution in [0.1, 0.15) is 63.8 Å². The first-order valence-corrected chi connectivity index (χ1v) is 8.17. The fourth-order valence-electron chi connectivity index (χ4n) is 3.91. The van der Waals surface area contributed by atoms with Crippen LogP contribution in [0.15, 0.2) is 18.2 Å². The molecule has 1 saturated heterocycles. The number of ether oxygens (including phenoxy) is 1. The van der Waals surface area contributed by atoms with Crippen molar-refractivity contribution in [2.45, 2.75) is 72.1 Å². The third-order valence-electron chi connectivity index (χ3n) is 4.74. The second kappa shape index (κ2) is 5.73. The van der Waals surface area contributed by atoms with Gasteiger partial charge in [0, 0.05) is 12.0 Å². The summed E-state index contributed by atoms with van der Waals surface area (Å²) < 4.78 is 6.33. The Morgan fingerprint density at radius 3 is 2.43 bits per heavy atom. The Hall–Kier alpha value is -0.860. The van der Waals surface area contributed by atoms with Crippen LogP contribution in [0.25, 0.3) is 0 Å². The van der Waals surface area contributed by atoms with Crippen molar-refractivity contribution in [1.82, 2.24) is 5.32 Å². The third kappa shape index (κ3) is 3.49. The predicted octanol–water partition coefficient (Wildman–Crippen LogP) is 4.55. The molecule has 118 valence electrons. The molecular weight excluding hydrogens is 258 g/mol. The molecule has 2 nitrogen and oxygen atoms in total. The largest absolute Gasteiger partial charge is 0.369 e. The summed E-state index contributed by atoms with van der Waals surface area (Å²) in [6.07, 6.45) is 1.09. The SMILES string of the molecule is CCNC(c1cc(C)ccc1C)C1CC(C)(C)OC1(C)C. The lowest BCUT2D eigenvalue weighted by Crippen LogP contribution is -2.38. The van der Waals surface area contributed by atoms with E-state index in [2.05, 4.69) is 72.0 Å². The van der Waals surface area contributed by atoms with E-state index < -0.39 is 0 Å². The first-order valence-electron chi connectivity index (χ1n) is 8.17. The minimum atomic E-state index is -0.105. The van der Waals surface area contributed by atoms with Crippen LogP contribution in [0.5, 0.6) is 0 Å². The van der Waals surface area contributed by atoms with Gasteiger partial charge in [0.2, 0.25) is 0 Å². The summed E-state index contributed by atoms with van der Waals surface area (Å²) in [5.41, 5.74) is 3.98. The zero-order valence-corrected chi connectivity index (χ0v) is 14.7. The molecule has 2 heteroatoms. The first-order chi connectivity index (χ1) is 9.66. The number of hydrogen-bond acceptors (Lipinski definition) is 2. The highest BCUT2D eigenvalue weighted by atomic mass is 16.5. The van der Waals surface area contributed by atoms with Gasteiger partial charge in [-0.3, -0.25) is 0 Å². The molecule has 1 heterocycles. The molecule has 1 N–H and O–H groups in total. The zero-order valence-electron chi connectivity index (χ0n) is 14.7. The van der Waals surface area contributed by atoms with E-state index in [9.17, 15) is 0 Å². The van der Waals surface area contributed by atoms with Crippen LogP contribution >= 0.6 is 0 Å². The van der Waals surface area contributed by atoms with E-state index in [1.54, 1.807) is 0 Å². The maximum atomic E-state index is 6.33. The number of nitrogens with one attached hydrogen (secondary N) is 1. The molecule has 0 aliphatic carbocycles. The van der Waals surface area contributed by atoms with Gasteiger partial charge in [-0.05, 0) is 65.6 Å². The molecule has 0 spiro atoms. The fraction of sp³-hybridized carbons (Fsp3) is 0.684. The number of rotatable bonds is 4.